The molecule has 0 fully saturated rings. The van der Waals surface area contributed by atoms with Crippen LogP contribution in [0.1, 0.15) is 74.0 Å². The summed E-state index contributed by atoms with van der Waals surface area (Å²) in [7, 11) is 1.64. The first-order valence-electron chi connectivity index (χ1n) is 12.7. The van der Waals surface area contributed by atoms with Gasteiger partial charge in [0.1, 0.15) is 5.75 Å². The number of unbranched alkanes of at least 4 members (excludes halogenated alkanes) is 2. The average molecular weight is 592 g/mol. The molecule has 0 saturated heterocycles. The minimum Gasteiger partial charge on any atom is -0.496 e. The Balaban J connectivity index is 1.85. The van der Waals surface area contributed by atoms with Gasteiger partial charge in [0.05, 0.1) is 29.0 Å². The quantitative estimate of drug-likeness (QED) is 0.153. The molecule has 0 radical (unpaired) electrons. The summed E-state index contributed by atoms with van der Waals surface area (Å²) in [6.45, 7) is 6.19. The fourth-order valence-electron chi connectivity index (χ4n) is 4.10. The maximum absolute atomic E-state index is 13.0. The Labute approximate surface area is 242 Å². The number of rotatable bonds is 13. The molecule has 0 aliphatic carbocycles. The van der Waals surface area contributed by atoms with Gasteiger partial charge in [0.25, 0.3) is 5.91 Å². The van der Waals surface area contributed by atoms with Gasteiger partial charge in [-0.15, -0.1) is 11.3 Å². The summed E-state index contributed by atoms with van der Waals surface area (Å²) in [6.07, 6.45) is 5.51. The number of methoxy groups -OCH3 is 1. The highest BCUT2D eigenvalue weighted by molar-refractivity contribution is 7.14. The number of nitrogens with one attached hydrogen (secondary N) is 1. The monoisotopic (exact) mass is 590 g/mol. The van der Waals surface area contributed by atoms with E-state index in [0.29, 0.717) is 28.7 Å². The molecule has 0 unspecified atom stereocenters. The highest BCUT2D eigenvalue weighted by Gasteiger charge is 2.21. The van der Waals surface area contributed by atoms with Gasteiger partial charge in [-0.2, -0.15) is 0 Å². The number of ether oxygens (including phenoxy) is 2. The molecule has 0 aliphatic rings. The van der Waals surface area contributed by atoms with Crippen LogP contribution in [0.3, 0.4) is 0 Å². The van der Waals surface area contributed by atoms with Crippen molar-refractivity contribution in [3.8, 4) is 17.0 Å². The van der Waals surface area contributed by atoms with Crippen LogP contribution in [0.2, 0.25) is 10.0 Å². The van der Waals surface area contributed by atoms with Gasteiger partial charge in [-0.3, -0.25) is 10.1 Å². The zero-order chi connectivity index (χ0) is 28.5. The van der Waals surface area contributed by atoms with Crippen LogP contribution in [-0.2, 0) is 9.53 Å². The number of aliphatic carboxylic acids is 1. The molecule has 39 heavy (non-hydrogen) atoms. The van der Waals surface area contributed by atoms with Crippen molar-refractivity contribution in [2.24, 2.45) is 0 Å². The normalized spacial score (nSPS) is 12.3. The van der Waals surface area contributed by atoms with Crippen molar-refractivity contribution in [3.05, 3.63) is 68.0 Å². The summed E-state index contributed by atoms with van der Waals surface area (Å²) in [5.41, 5.74) is 3.07. The molecule has 2 aromatic carbocycles. The predicted molar refractivity (Wildman–Crippen MR) is 158 cm³/mol. The Bertz CT molecular complexity index is 1330. The largest absolute Gasteiger partial charge is 0.496 e. The van der Waals surface area contributed by atoms with Crippen LogP contribution in [0.25, 0.3) is 17.3 Å². The zero-order valence-corrected chi connectivity index (χ0v) is 24.7. The second-order valence-corrected chi connectivity index (χ2v) is 10.5. The van der Waals surface area contributed by atoms with E-state index in [0.717, 1.165) is 36.8 Å². The fourth-order valence-corrected chi connectivity index (χ4v) is 5.40. The number of thiazole rings is 1. The maximum atomic E-state index is 13.0. The number of halogens is 2. The average Bonchev–Trinajstić information content (AvgIpc) is 3.37. The molecule has 1 atom stereocenters. The van der Waals surface area contributed by atoms with Gasteiger partial charge in [0.15, 0.2) is 5.13 Å². The van der Waals surface area contributed by atoms with Gasteiger partial charge in [0, 0.05) is 39.8 Å². The number of hydrogen-bond acceptors (Lipinski definition) is 6. The molecule has 0 bridgehead atoms. The zero-order valence-electron chi connectivity index (χ0n) is 22.3. The summed E-state index contributed by atoms with van der Waals surface area (Å²) >= 11 is 13.9. The molecule has 0 saturated carbocycles. The minimum absolute atomic E-state index is 0.0688. The Kier molecular flexibility index (Phi) is 11.4. The van der Waals surface area contributed by atoms with Crippen molar-refractivity contribution >= 4 is 57.6 Å². The molecule has 0 aliphatic heterocycles. The highest BCUT2D eigenvalue weighted by Crippen LogP contribution is 2.40. The molecule has 1 heterocycles. The number of carboxylic acids is 1. The Morgan fingerprint density at radius 3 is 2.51 bits per heavy atom. The smallest absolute Gasteiger partial charge is 0.331 e. The standard InChI is InChI=1S/C29H32Cl2N2O5S/c1-5-7-8-12-25(38-6-2)20-11-9-10-19(26(20)37-4)24-16-39-29(32-24)33-27(34)18-14-22(30)21(23(31)15-18)13-17(3)28(35)36/h9-11,13-16,25H,5-8,12H2,1-4H3,(H,35,36)(H,32,33,34)/b17-13+/t25-/m0/s1. The number of carbonyl (C=O) groups excluding carboxylic acids is 1. The third-order valence-corrected chi connectivity index (χ3v) is 7.46. The van der Waals surface area contributed by atoms with Crippen molar-refractivity contribution in [1.82, 2.24) is 4.98 Å². The summed E-state index contributed by atoms with van der Waals surface area (Å²) < 4.78 is 11.9. The summed E-state index contributed by atoms with van der Waals surface area (Å²) in [5, 5.41) is 14.5. The molecular weight excluding hydrogens is 559 g/mol. The van der Waals surface area contributed by atoms with E-state index >= 15 is 0 Å². The number of aromatic nitrogens is 1. The number of amides is 1. The van der Waals surface area contributed by atoms with Crippen molar-refractivity contribution in [2.75, 3.05) is 19.0 Å². The van der Waals surface area contributed by atoms with Gasteiger partial charge < -0.3 is 14.6 Å². The van der Waals surface area contributed by atoms with Crippen LogP contribution in [-0.4, -0.2) is 35.7 Å². The van der Waals surface area contributed by atoms with Gasteiger partial charge in [0.2, 0.25) is 0 Å². The van der Waals surface area contributed by atoms with Crippen molar-refractivity contribution < 1.29 is 24.2 Å². The van der Waals surface area contributed by atoms with E-state index in [-0.39, 0.29) is 27.3 Å². The summed E-state index contributed by atoms with van der Waals surface area (Å²) in [4.78, 5) is 28.7. The lowest BCUT2D eigenvalue weighted by Gasteiger charge is -2.21. The number of para-hydroxylation sites is 1. The number of carbonyl (C=O) groups is 2. The summed E-state index contributed by atoms with van der Waals surface area (Å²) in [5.74, 6) is -0.830. The Morgan fingerprint density at radius 2 is 1.90 bits per heavy atom. The molecule has 1 amide bonds. The van der Waals surface area contributed by atoms with Gasteiger partial charge in [-0.25, -0.2) is 9.78 Å². The molecule has 3 rings (SSSR count). The second kappa shape index (κ2) is 14.5. The number of hydrogen-bond donors (Lipinski definition) is 2. The first-order valence-corrected chi connectivity index (χ1v) is 14.3. The van der Waals surface area contributed by atoms with E-state index in [1.54, 1.807) is 7.11 Å². The minimum atomic E-state index is -1.09. The number of nitrogens with zero attached hydrogens (tertiary/aromatic N) is 1. The topological polar surface area (TPSA) is 97.8 Å². The van der Waals surface area contributed by atoms with Gasteiger partial charge in [-0.05, 0) is 44.5 Å². The third-order valence-electron chi connectivity index (χ3n) is 6.07. The Hall–Kier alpha value is -2.91. The lowest BCUT2D eigenvalue weighted by atomic mass is 9.98. The lowest BCUT2D eigenvalue weighted by molar-refractivity contribution is -0.132. The van der Waals surface area contributed by atoms with Crippen LogP contribution in [0, 0.1) is 0 Å². The van der Waals surface area contributed by atoms with E-state index in [1.165, 1.54) is 36.5 Å². The van der Waals surface area contributed by atoms with Crippen LogP contribution >= 0.6 is 34.5 Å². The molecule has 0 spiro atoms. The van der Waals surface area contributed by atoms with Crippen LogP contribution in [0.5, 0.6) is 5.75 Å². The number of carboxylic acid groups (broad SMARTS) is 1. The van der Waals surface area contributed by atoms with Crippen molar-refractivity contribution in [1.29, 1.82) is 0 Å². The molecule has 1 aromatic heterocycles. The molecule has 208 valence electrons. The Morgan fingerprint density at radius 1 is 1.18 bits per heavy atom. The molecule has 2 N–H and O–H groups in total. The molecule has 7 nitrogen and oxygen atoms in total. The highest BCUT2D eigenvalue weighted by atomic mass is 35.5. The first kappa shape index (κ1) is 30.6. The third kappa shape index (κ3) is 7.82. The molecular formula is C29H32Cl2N2O5S. The van der Waals surface area contributed by atoms with E-state index in [2.05, 4.69) is 17.2 Å². The maximum Gasteiger partial charge on any atom is 0.331 e. The van der Waals surface area contributed by atoms with Crippen molar-refractivity contribution in [3.63, 3.8) is 0 Å². The fraction of sp³-hybridized carbons (Fsp3) is 0.345. The first-order chi connectivity index (χ1) is 18.7. The predicted octanol–water partition coefficient (Wildman–Crippen LogP) is 8.52. The van der Waals surface area contributed by atoms with Gasteiger partial charge >= 0.3 is 5.97 Å². The van der Waals surface area contributed by atoms with E-state index < -0.39 is 11.9 Å². The van der Waals surface area contributed by atoms with Gasteiger partial charge in [-0.1, -0.05) is 61.5 Å². The molecule has 3 aromatic rings. The van der Waals surface area contributed by atoms with E-state index in [1.807, 2.05) is 30.5 Å². The second-order valence-electron chi connectivity index (χ2n) is 8.85. The van der Waals surface area contributed by atoms with E-state index in [4.69, 9.17) is 37.8 Å². The summed E-state index contributed by atoms with van der Waals surface area (Å²) in [6, 6.07) is 8.80. The SMILES string of the molecule is CCCCC[C@H](OCC)c1cccc(-c2csc(NC(=O)c3cc(Cl)c(/C=C(\C)C(=O)O)c(Cl)c3)n2)c1OC. The van der Waals surface area contributed by atoms with Crippen LogP contribution < -0.4 is 10.1 Å². The van der Waals surface area contributed by atoms with Crippen molar-refractivity contribution in [2.45, 2.75) is 52.6 Å². The molecule has 10 heteroatoms. The number of benzene rings is 2. The lowest BCUT2D eigenvalue weighted by Crippen LogP contribution is -2.12. The van der Waals surface area contributed by atoms with E-state index in [9.17, 15) is 9.59 Å². The van der Waals surface area contributed by atoms with Crippen LogP contribution in [0.4, 0.5) is 5.13 Å². The number of anilines is 1. The van der Waals surface area contributed by atoms with Crippen LogP contribution in [0.15, 0.2) is 41.3 Å².